The third kappa shape index (κ3) is 2.75. The molecule has 1 saturated carbocycles. The van der Waals surface area contributed by atoms with E-state index in [2.05, 4.69) is 15.3 Å². The maximum atomic E-state index is 5.38. The smallest absolute Gasteiger partial charge is 0.161 e. The number of anilines is 1. The molecule has 0 saturated heterocycles. The number of imidazole rings is 1. The first kappa shape index (κ1) is 14.8. The second-order valence-electron chi connectivity index (χ2n) is 6.04. The number of benzene rings is 1. The summed E-state index contributed by atoms with van der Waals surface area (Å²) in [5.41, 5.74) is 2.77. The summed E-state index contributed by atoms with van der Waals surface area (Å²) in [7, 11) is 3.26. The number of methoxy groups -OCH3 is 2. The molecule has 0 unspecified atom stereocenters. The van der Waals surface area contributed by atoms with E-state index in [4.69, 9.17) is 14.5 Å². The molecule has 0 aliphatic heterocycles. The molecule has 4 rings (SSSR count). The molecule has 6 heteroatoms. The minimum absolute atomic E-state index is 0.681. The summed E-state index contributed by atoms with van der Waals surface area (Å²) in [6, 6.07) is 7.70. The Hall–Kier alpha value is -2.76. The third-order valence-electron chi connectivity index (χ3n) is 4.31. The molecular weight excluding hydrogens is 304 g/mol. The van der Waals surface area contributed by atoms with Crippen molar-refractivity contribution in [3.63, 3.8) is 0 Å². The van der Waals surface area contributed by atoms with Gasteiger partial charge in [-0.1, -0.05) is 0 Å². The highest BCUT2D eigenvalue weighted by atomic mass is 16.5. The van der Waals surface area contributed by atoms with E-state index in [1.807, 2.05) is 24.3 Å². The number of aromatic nitrogens is 3. The van der Waals surface area contributed by atoms with E-state index in [9.17, 15) is 0 Å². The Bertz CT molecular complexity index is 871. The van der Waals surface area contributed by atoms with Crippen molar-refractivity contribution in [1.29, 1.82) is 0 Å². The van der Waals surface area contributed by atoms with Gasteiger partial charge in [-0.15, -0.1) is 0 Å². The third-order valence-corrected chi connectivity index (χ3v) is 4.31. The van der Waals surface area contributed by atoms with Crippen molar-refractivity contribution >= 4 is 16.9 Å². The molecule has 1 fully saturated rings. The first-order chi connectivity index (χ1) is 11.8. The van der Waals surface area contributed by atoms with E-state index < -0.39 is 0 Å². The predicted octanol–water partition coefficient (Wildman–Crippen LogP) is 3.46. The van der Waals surface area contributed by atoms with Gasteiger partial charge < -0.3 is 19.8 Å². The van der Waals surface area contributed by atoms with E-state index in [0.717, 1.165) is 40.7 Å². The summed E-state index contributed by atoms with van der Waals surface area (Å²) >= 11 is 0. The van der Waals surface area contributed by atoms with Gasteiger partial charge in [0.15, 0.2) is 17.3 Å². The maximum Gasteiger partial charge on any atom is 0.161 e. The lowest BCUT2D eigenvalue weighted by Crippen LogP contribution is -2.05. The van der Waals surface area contributed by atoms with Gasteiger partial charge in [-0.3, -0.25) is 0 Å². The molecule has 0 bridgehead atoms. The van der Waals surface area contributed by atoms with Gasteiger partial charge in [-0.25, -0.2) is 9.97 Å². The second kappa shape index (κ2) is 6.03. The molecule has 0 radical (unpaired) electrons. The molecule has 2 heterocycles. The average molecular weight is 324 g/mol. The van der Waals surface area contributed by atoms with Crippen molar-refractivity contribution in [1.82, 2.24) is 15.0 Å². The lowest BCUT2D eigenvalue weighted by atomic mass is 10.2. The Labute approximate surface area is 140 Å². The summed E-state index contributed by atoms with van der Waals surface area (Å²) in [4.78, 5) is 12.5. The van der Waals surface area contributed by atoms with Gasteiger partial charge in [0.25, 0.3) is 0 Å². The van der Waals surface area contributed by atoms with E-state index in [1.165, 1.54) is 12.8 Å². The highest BCUT2D eigenvalue weighted by molar-refractivity contribution is 5.88. The molecule has 2 aromatic heterocycles. The van der Waals surface area contributed by atoms with Crippen molar-refractivity contribution < 1.29 is 9.47 Å². The summed E-state index contributed by atoms with van der Waals surface area (Å²) in [5, 5.41) is 3.42. The molecule has 124 valence electrons. The number of nitrogens with zero attached hydrogens (tertiary/aromatic N) is 2. The van der Waals surface area contributed by atoms with Crippen LogP contribution in [-0.2, 0) is 0 Å². The number of rotatable bonds is 6. The Balaban J connectivity index is 1.70. The second-order valence-corrected chi connectivity index (χ2v) is 6.04. The Morgan fingerprint density at radius 1 is 1.17 bits per heavy atom. The summed E-state index contributed by atoms with van der Waals surface area (Å²) < 4.78 is 10.7. The lowest BCUT2D eigenvalue weighted by Gasteiger charge is -2.08. The van der Waals surface area contributed by atoms with Gasteiger partial charge in [0.1, 0.15) is 11.3 Å². The number of nitrogens with one attached hydrogen (secondary N) is 2. The number of fused-ring (bicyclic) bond motifs is 1. The number of H-pyrrole nitrogens is 1. The standard InChI is InChI=1S/C18H20N4O2/c1-23-14-6-5-12(9-15(14)24-2)17-21-13-7-8-19-18(16(13)22-17)20-10-11-3-4-11/h5-9,11H,3-4,10H2,1-2H3,(H,19,20)(H,21,22). The van der Waals surface area contributed by atoms with Crippen LogP contribution in [0.4, 0.5) is 5.82 Å². The number of ether oxygens (including phenoxy) is 2. The number of pyridine rings is 1. The normalized spacial score (nSPS) is 13.9. The minimum Gasteiger partial charge on any atom is -0.493 e. The van der Waals surface area contributed by atoms with E-state index >= 15 is 0 Å². The van der Waals surface area contributed by atoms with Crippen LogP contribution in [-0.4, -0.2) is 35.7 Å². The van der Waals surface area contributed by atoms with Crippen molar-refractivity contribution in [2.45, 2.75) is 12.8 Å². The molecule has 3 aromatic rings. The number of hydrogen-bond acceptors (Lipinski definition) is 5. The fourth-order valence-corrected chi connectivity index (χ4v) is 2.75. The summed E-state index contributed by atoms with van der Waals surface area (Å²) in [6.07, 6.45) is 4.41. The highest BCUT2D eigenvalue weighted by Gasteiger charge is 2.21. The largest absolute Gasteiger partial charge is 0.493 e. The van der Waals surface area contributed by atoms with Crippen LogP contribution in [0.15, 0.2) is 30.5 Å². The molecule has 0 atom stereocenters. The summed E-state index contributed by atoms with van der Waals surface area (Å²) in [5.74, 6) is 3.79. The van der Waals surface area contributed by atoms with Gasteiger partial charge in [0, 0.05) is 18.3 Å². The van der Waals surface area contributed by atoms with Gasteiger partial charge in [-0.2, -0.15) is 0 Å². The molecule has 1 aromatic carbocycles. The number of hydrogen-bond donors (Lipinski definition) is 2. The molecule has 6 nitrogen and oxygen atoms in total. The fraction of sp³-hybridized carbons (Fsp3) is 0.333. The Morgan fingerprint density at radius 3 is 2.75 bits per heavy atom. The van der Waals surface area contributed by atoms with E-state index in [0.29, 0.717) is 11.5 Å². The van der Waals surface area contributed by atoms with Crippen LogP contribution in [0, 0.1) is 5.92 Å². The van der Waals surface area contributed by atoms with Crippen LogP contribution in [0.5, 0.6) is 11.5 Å². The molecule has 0 spiro atoms. The molecular formula is C18H20N4O2. The van der Waals surface area contributed by atoms with Crippen LogP contribution < -0.4 is 14.8 Å². The minimum atomic E-state index is 0.681. The predicted molar refractivity (Wildman–Crippen MR) is 93.6 cm³/mol. The average Bonchev–Trinajstić information content (AvgIpc) is 3.35. The quantitative estimate of drug-likeness (QED) is 0.726. The van der Waals surface area contributed by atoms with Crippen molar-refractivity contribution in [3.05, 3.63) is 30.5 Å². The first-order valence-corrected chi connectivity index (χ1v) is 8.09. The van der Waals surface area contributed by atoms with Crippen molar-refractivity contribution in [2.24, 2.45) is 5.92 Å². The van der Waals surface area contributed by atoms with Crippen molar-refractivity contribution in [3.8, 4) is 22.9 Å². The maximum absolute atomic E-state index is 5.38. The monoisotopic (exact) mass is 324 g/mol. The van der Waals surface area contributed by atoms with E-state index in [-0.39, 0.29) is 0 Å². The van der Waals surface area contributed by atoms with Crippen LogP contribution in [0.2, 0.25) is 0 Å². The Kier molecular flexibility index (Phi) is 3.72. The van der Waals surface area contributed by atoms with Gasteiger partial charge in [-0.05, 0) is 43.0 Å². The molecule has 24 heavy (non-hydrogen) atoms. The molecule has 1 aliphatic rings. The van der Waals surface area contributed by atoms with Gasteiger partial charge in [0.05, 0.1) is 19.7 Å². The summed E-state index contributed by atoms with van der Waals surface area (Å²) in [6.45, 7) is 0.963. The Morgan fingerprint density at radius 2 is 2.00 bits per heavy atom. The molecule has 1 aliphatic carbocycles. The van der Waals surface area contributed by atoms with Gasteiger partial charge in [0.2, 0.25) is 0 Å². The zero-order valence-corrected chi connectivity index (χ0v) is 13.8. The first-order valence-electron chi connectivity index (χ1n) is 8.09. The van der Waals surface area contributed by atoms with Crippen LogP contribution in [0.3, 0.4) is 0 Å². The zero-order chi connectivity index (χ0) is 16.5. The number of aromatic amines is 1. The SMILES string of the molecule is COc1ccc(-c2nc3c(NCC4CC4)nccc3[nH]2)cc1OC. The highest BCUT2D eigenvalue weighted by Crippen LogP contribution is 2.33. The van der Waals surface area contributed by atoms with Crippen LogP contribution >= 0.6 is 0 Å². The van der Waals surface area contributed by atoms with E-state index in [1.54, 1.807) is 20.4 Å². The fourth-order valence-electron chi connectivity index (χ4n) is 2.75. The van der Waals surface area contributed by atoms with Crippen LogP contribution in [0.25, 0.3) is 22.4 Å². The van der Waals surface area contributed by atoms with Crippen LogP contribution in [0.1, 0.15) is 12.8 Å². The lowest BCUT2D eigenvalue weighted by molar-refractivity contribution is 0.355. The topological polar surface area (TPSA) is 72.1 Å². The zero-order valence-electron chi connectivity index (χ0n) is 13.8. The van der Waals surface area contributed by atoms with Gasteiger partial charge >= 0.3 is 0 Å². The molecule has 2 N–H and O–H groups in total. The molecule has 0 amide bonds. The van der Waals surface area contributed by atoms with Crippen molar-refractivity contribution in [2.75, 3.05) is 26.1 Å².